The summed E-state index contributed by atoms with van der Waals surface area (Å²) >= 11 is 0. The van der Waals surface area contributed by atoms with Crippen molar-refractivity contribution in [2.75, 3.05) is 0 Å². The van der Waals surface area contributed by atoms with Crippen molar-refractivity contribution in [3.05, 3.63) is 11.0 Å². The Labute approximate surface area is 96.5 Å². The van der Waals surface area contributed by atoms with Gasteiger partial charge in [0.2, 0.25) is 0 Å². The van der Waals surface area contributed by atoms with Gasteiger partial charge in [0.1, 0.15) is 11.3 Å². The Hall–Kier alpha value is -2.91. The molecule has 0 unspecified atom stereocenters. The van der Waals surface area contributed by atoms with E-state index in [1.807, 2.05) is 0 Å². The molecule has 1 aromatic carbocycles. The van der Waals surface area contributed by atoms with Crippen LogP contribution in [0.25, 0.3) is 33.1 Å². The quantitative estimate of drug-likeness (QED) is 0.337. The Bertz CT molecular complexity index is 913. The van der Waals surface area contributed by atoms with Crippen LogP contribution in [-0.2, 0) is 0 Å². The van der Waals surface area contributed by atoms with Crippen LogP contribution in [0.5, 0.6) is 0 Å². The fraction of sp³-hybridized carbons (Fsp3) is 0.125. The van der Waals surface area contributed by atoms with Gasteiger partial charge in [-0.1, -0.05) is 0 Å². The first-order valence-electron chi connectivity index (χ1n) is 4.90. The minimum absolute atomic E-state index is 0.0361. The van der Waals surface area contributed by atoms with Crippen LogP contribution < -0.4 is 4.90 Å². The number of rotatable bonds is 0. The van der Waals surface area contributed by atoms with Crippen LogP contribution in [0.3, 0.4) is 0 Å². The smallest absolute Gasteiger partial charge is 0.278 e. The molecular formula is C8H4N6O4. The van der Waals surface area contributed by atoms with Gasteiger partial charge in [-0.05, 0) is 21.9 Å². The normalized spacial score (nSPS) is 12.1. The molecule has 0 atom stereocenters. The summed E-state index contributed by atoms with van der Waals surface area (Å²) in [5, 5.41) is 28.3. The summed E-state index contributed by atoms with van der Waals surface area (Å²) in [4.78, 5) is 8.91. The van der Waals surface area contributed by atoms with E-state index in [1.165, 1.54) is 0 Å². The van der Waals surface area contributed by atoms with Crippen LogP contribution in [0.15, 0.2) is 9.26 Å². The molecule has 3 aromatic heterocycles. The van der Waals surface area contributed by atoms with Gasteiger partial charge in [-0.2, -0.15) is 0 Å². The van der Waals surface area contributed by atoms with Crippen molar-refractivity contribution < 1.29 is 19.4 Å². The Balaban J connectivity index is 2.48. The second kappa shape index (κ2) is 2.67. The molecule has 0 bridgehead atoms. The van der Waals surface area contributed by atoms with Crippen LogP contribution in [0.1, 0.15) is 5.82 Å². The maximum atomic E-state index is 11.5. The van der Waals surface area contributed by atoms with Gasteiger partial charge in [-0.3, -0.25) is 4.63 Å². The van der Waals surface area contributed by atoms with Crippen LogP contribution in [-0.4, -0.2) is 30.4 Å². The van der Waals surface area contributed by atoms with E-state index >= 15 is 0 Å². The Morgan fingerprint density at radius 2 is 1.94 bits per heavy atom. The van der Waals surface area contributed by atoms with Crippen molar-refractivity contribution in [2.24, 2.45) is 0 Å². The largest absolute Gasteiger partial charge is 0.398 e. The third-order valence-corrected chi connectivity index (χ3v) is 2.68. The van der Waals surface area contributed by atoms with Crippen LogP contribution in [0, 0.1) is 12.1 Å². The van der Waals surface area contributed by atoms with Crippen LogP contribution in [0.4, 0.5) is 0 Å². The van der Waals surface area contributed by atoms with Gasteiger partial charge in [-0.25, -0.2) is 14.6 Å². The molecule has 0 radical (unpaired) electrons. The molecule has 18 heavy (non-hydrogen) atoms. The Morgan fingerprint density at radius 3 is 2.78 bits per heavy atom. The lowest BCUT2D eigenvalue weighted by Gasteiger charge is -1.90. The molecule has 10 nitrogen and oxygen atoms in total. The van der Waals surface area contributed by atoms with E-state index in [4.69, 9.17) is 0 Å². The topological polar surface area (TPSA) is 130 Å². The summed E-state index contributed by atoms with van der Waals surface area (Å²) in [6.07, 6.45) is 0. The zero-order valence-electron chi connectivity index (χ0n) is 8.86. The Kier molecular flexibility index (Phi) is 1.36. The van der Waals surface area contributed by atoms with Gasteiger partial charge < -0.3 is 10.4 Å². The second-order valence-corrected chi connectivity index (χ2v) is 3.74. The first-order chi connectivity index (χ1) is 8.66. The minimum atomic E-state index is 0.0361. The van der Waals surface area contributed by atoms with Crippen molar-refractivity contribution in [3.63, 3.8) is 0 Å². The van der Waals surface area contributed by atoms with E-state index in [2.05, 4.69) is 29.5 Å². The number of nitrogens with zero attached hydrogens (tertiary/aromatic N) is 6. The summed E-state index contributed by atoms with van der Waals surface area (Å²) < 4.78 is 9.12. The average Bonchev–Trinajstić information content (AvgIpc) is 2.96. The van der Waals surface area contributed by atoms with E-state index in [9.17, 15) is 10.4 Å². The molecule has 1 N–H and O–H groups in total. The third-order valence-electron chi connectivity index (χ3n) is 2.68. The van der Waals surface area contributed by atoms with Gasteiger partial charge >= 0.3 is 0 Å². The molecule has 0 fully saturated rings. The summed E-state index contributed by atoms with van der Waals surface area (Å²) in [5.74, 6) is 0.473. The molecule has 0 saturated carbocycles. The highest BCUT2D eigenvalue weighted by atomic mass is 16.8. The lowest BCUT2D eigenvalue weighted by atomic mass is 10.2. The standard InChI is InChI=1S/C8H4N6O4/c1-2-9-3-4(10-2)7-6(12-18-13(7)15)8-5(3)11-17-14(8)16/h15H,1H3. The van der Waals surface area contributed by atoms with Crippen molar-refractivity contribution in [1.82, 2.24) is 25.2 Å². The van der Waals surface area contributed by atoms with E-state index in [1.54, 1.807) is 6.92 Å². The highest BCUT2D eigenvalue weighted by molar-refractivity contribution is 6.16. The first kappa shape index (κ1) is 9.15. The van der Waals surface area contributed by atoms with Crippen molar-refractivity contribution in [3.8, 4) is 0 Å². The zero-order valence-corrected chi connectivity index (χ0v) is 8.86. The van der Waals surface area contributed by atoms with Gasteiger partial charge in [0, 0.05) is 5.16 Å². The number of aryl methyl sites for hydroxylation is 1. The van der Waals surface area contributed by atoms with Gasteiger partial charge in [0.15, 0.2) is 16.6 Å². The summed E-state index contributed by atoms with van der Waals surface area (Å²) in [6, 6.07) is 0. The lowest BCUT2D eigenvalue weighted by molar-refractivity contribution is -0.781. The lowest BCUT2D eigenvalue weighted by Crippen LogP contribution is -2.22. The maximum Gasteiger partial charge on any atom is 0.278 e. The minimum Gasteiger partial charge on any atom is -0.398 e. The van der Waals surface area contributed by atoms with E-state index in [0.29, 0.717) is 21.8 Å². The van der Waals surface area contributed by atoms with E-state index in [0.717, 1.165) is 0 Å². The highest BCUT2D eigenvalue weighted by Gasteiger charge is 2.27. The van der Waals surface area contributed by atoms with Crippen molar-refractivity contribution in [1.29, 1.82) is 0 Å². The molecule has 4 aromatic rings. The number of benzene rings is 1. The summed E-state index contributed by atoms with van der Waals surface area (Å²) in [6.45, 7) is 1.68. The average molecular weight is 248 g/mol. The van der Waals surface area contributed by atoms with Gasteiger partial charge in [0.05, 0.1) is 0 Å². The summed E-state index contributed by atoms with van der Waals surface area (Å²) in [7, 11) is 0. The molecule has 0 amide bonds. The number of imidazole rings is 1. The molecular weight excluding hydrogens is 244 g/mol. The predicted molar refractivity (Wildman–Crippen MR) is 53.5 cm³/mol. The molecule has 10 heteroatoms. The zero-order chi connectivity index (χ0) is 12.4. The predicted octanol–water partition coefficient (Wildman–Crippen LogP) is -0.107. The molecule has 0 aliphatic heterocycles. The summed E-state index contributed by atoms with van der Waals surface area (Å²) in [5.41, 5.74) is 1.20. The molecule has 90 valence electrons. The van der Waals surface area contributed by atoms with E-state index < -0.39 is 0 Å². The van der Waals surface area contributed by atoms with Crippen molar-refractivity contribution >= 4 is 33.1 Å². The number of hydrogen-bond acceptors (Lipinski definition) is 8. The third kappa shape index (κ3) is 0.863. The highest BCUT2D eigenvalue weighted by Crippen LogP contribution is 2.29. The van der Waals surface area contributed by atoms with Crippen LogP contribution >= 0.6 is 0 Å². The first-order valence-corrected chi connectivity index (χ1v) is 4.90. The molecule has 0 aliphatic rings. The Morgan fingerprint density at radius 1 is 1.17 bits per heavy atom. The van der Waals surface area contributed by atoms with Crippen molar-refractivity contribution in [2.45, 2.75) is 6.92 Å². The van der Waals surface area contributed by atoms with Crippen LogP contribution in [0.2, 0.25) is 0 Å². The molecule has 4 rings (SSSR count). The molecule has 3 heterocycles. The second-order valence-electron chi connectivity index (χ2n) is 3.74. The monoisotopic (exact) mass is 248 g/mol. The maximum absolute atomic E-state index is 11.5. The SMILES string of the molecule is Cc1nc2c(n1)c1c(non1O)c1c2no[n+]1[O-]. The van der Waals surface area contributed by atoms with Gasteiger partial charge in [-0.15, -0.1) is 0 Å². The fourth-order valence-electron chi connectivity index (χ4n) is 2.00. The fourth-order valence-corrected chi connectivity index (χ4v) is 2.00. The number of fused-ring (bicyclic) bond motifs is 6. The van der Waals surface area contributed by atoms with E-state index in [-0.39, 0.29) is 27.0 Å². The van der Waals surface area contributed by atoms with Gasteiger partial charge in [0.25, 0.3) is 11.0 Å². The number of aromatic nitrogens is 6. The number of hydrogen-bond donors (Lipinski definition) is 1. The molecule has 0 aliphatic carbocycles. The molecule has 0 spiro atoms. The molecule has 0 saturated heterocycles.